The van der Waals surface area contributed by atoms with E-state index in [2.05, 4.69) is 0 Å². The van der Waals surface area contributed by atoms with Crippen LogP contribution in [0.2, 0.25) is 0 Å². The number of hydrogen-bond donors (Lipinski definition) is 1. The van der Waals surface area contributed by atoms with E-state index in [0.717, 1.165) is 5.56 Å². The molecule has 2 aromatic carbocycles. The molecule has 2 rings (SSSR count). The van der Waals surface area contributed by atoms with Crippen molar-refractivity contribution in [2.45, 2.75) is 6.92 Å². The molecule has 5 nitrogen and oxygen atoms in total. The van der Waals surface area contributed by atoms with Gasteiger partial charge in [-0.05, 0) is 42.8 Å². The second-order valence-corrected chi connectivity index (χ2v) is 5.18. The molecule has 0 radical (unpaired) electrons. The van der Waals surface area contributed by atoms with Gasteiger partial charge in [-0.1, -0.05) is 17.7 Å². The van der Waals surface area contributed by atoms with Crippen LogP contribution in [0.1, 0.15) is 21.5 Å². The molecule has 0 amide bonds. The molecular formula is C19H20O5. The molecule has 0 saturated carbocycles. The number of allylic oxidation sites excluding steroid dienone is 1. The lowest BCUT2D eigenvalue weighted by molar-refractivity contribution is 0.104. The minimum Gasteiger partial charge on any atom is -0.502 e. The van der Waals surface area contributed by atoms with E-state index < -0.39 is 0 Å². The van der Waals surface area contributed by atoms with Crippen LogP contribution < -0.4 is 14.2 Å². The minimum absolute atomic E-state index is 0.0798. The van der Waals surface area contributed by atoms with E-state index in [1.807, 2.05) is 13.0 Å². The predicted octanol–water partition coefficient (Wildman–Crippen LogP) is 3.62. The molecule has 0 fully saturated rings. The van der Waals surface area contributed by atoms with Gasteiger partial charge in [0.15, 0.2) is 17.3 Å². The number of phenolic OH excluding ortho intramolecular Hbond substituents is 1. The zero-order valence-corrected chi connectivity index (χ0v) is 14.1. The summed E-state index contributed by atoms with van der Waals surface area (Å²) in [7, 11) is 4.43. The van der Waals surface area contributed by atoms with Crippen molar-refractivity contribution >= 4 is 11.9 Å². The van der Waals surface area contributed by atoms with Gasteiger partial charge in [-0.2, -0.15) is 0 Å². The lowest BCUT2D eigenvalue weighted by atomic mass is 10.0. The van der Waals surface area contributed by atoms with Crippen LogP contribution in [0, 0.1) is 6.92 Å². The lowest BCUT2D eigenvalue weighted by Crippen LogP contribution is -1.99. The molecule has 0 unspecified atom stereocenters. The lowest BCUT2D eigenvalue weighted by Gasteiger charge is -2.09. The number of ketones is 1. The highest BCUT2D eigenvalue weighted by Gasteiger charge is 2.12. The summed E-state index contributed by atoms with van der Waals surface area (Å²) in [4.78, 5) is 12.4. The second-order valence-electron chi connectivity index (χ2n) is 5.18. The van der Waals surface area contributed by atoms with E-state index >= 15 is 0 Å². The van der Waals surface area contributed by atoms with Gasteiger partial charge in [0.2, 0.25) is 5.75 Å². The molecule has 0 aliphatic rings. The SMILES string of the molecule is COc1ccc(C)cc1C(=O)C=Cc1cc(OC)c(O)c(OC)c1. The van der Waals surface area contributed by atoms with E-state index in [1.165, 1.54) is 27.4 Å². The van der Waals surface area contributed by atoms with Crippen molar-refractivity contribution in [3.8, 4) is 23.0 Å². The fraction of sp³-hybridized carbons (Fsp3) is 0.211. The Hall–Kier alpha value is -2.95. The summed E-state index contributed by atoms with van der Waals surface area (Å²) in [6.45, 7) is 1.91. The smallest absolute Gasteiger partial charge is 0.200 e. The quantitative estimate of drug-likeness (QED) is 0.648. The molecule has 0 aliphatic heterocycles. The first-order chi connectivity index (χ1) is 11.5. The molecule has 0 bridgehead atoms. The summed E-state index contributed by atoms with van der Waals surface area (Å²) in [6, 6.07) is 8.67. The van der Waals surface area contributed by atoms with Gasteiger partial charge in [-0.3, -0.25) is 4.79 Å². The van der Waals surface area contributed by atoms with Crippen molar-refractivity contribution in [2.75, 3.05) is 21.3 Å². The molecule has 2 aromatic rings. The summed E-state index contributed by atoms with van der Waals surface area (Å²) >= 11 is 0. The van der Waals surface area contributed by atoms with Crippen LogP contribution >= 0.6 is 0 Å². The Labute approximate surface area is 141 Å². The van der Waals surface area contributed by atoms with Crippen LogP contribution in [0.4, 0.5) is 0 Å². The third-order valence-corrected chi connectivity index (χ3v) is 3.55. The highest BCUT2D eigenvalue weighted by molar-refractivity contribution is 6.08. The van der Waals surface area contributed by atoms with Gasteiger partial charge in [-0.15, -0.1) is 0 Å². The van der Waals surface area contributed by atoms with E-state index in [-0.39, 0.29) is 23.0 Å². The first-order valence-corrected chi connectivity index (χ1v) is 7.32. The van der Waals surface area contributed by atoms with Crippen molar-refractivity contribution < 1.29 is 24.1 Å². The Morgan fingerprint density at radius 3 is 2.08 bits per heavy atom. The van der Waals surface area contributed by atoms with Crippen molar-refractivity contribution in [2.24, 2.45) is 0 Å². The predicted molar refractivity (Wildman–Crippen MR) is 92.3 cm³/mol. The third kappa shape index (κ3) is 3.68. The number of carbonyl (C=O) groups excluding carboxylic acids is 1. The van der Waals surface area contributed by atoms with Crippen LogP contribution in [0.15, 0.2) is 36.4 Å². The number of phenols is 1. The zero-order valence-electron chi connectivity index (χ0n) is 14.1. The van der Waals surface area contributed by atoms with Gasteiger partial charge in [0, 0.05) is 0 Å². The molecule has 5 heteroatoms. The Morgan fingerprint density at radius 1 is 0.958 bits per heavy atom. The van der Waals surface area contributed by atoms with Crippen molar-refractivity contribution in [3.63, 3.8) is 0 Å². The number of hydrogen-bond acceptors (Lipinski definition) is 5. The standard InChI is InChI=1S/C19H20O5/c1-12-5-8-16(22-2)14(9-12)15(20)7-6-13-10-17(23-3)19(21)18(11-13)24-4/h5-11,21H,1-4H3. The van der Waals surface area contributed by atoms with Gasteiger partial charge in [0.05, 0.1) is 26.9 Å². The molecule has 0 saturated heterocycles. The summed E-state index contributed by atoms with van der Waals surface area (Å²) in [6.07, 6.45) is 3.08. The van der Waals surface area contributed by atoms with Gasteiger partial charge >= 0.3 is 0 Å². The fourth-order valence-corrected chi connectivity index (χ4v) is 2.29. The Bertz CT molecular complexity index is 752. The molecular weight excluding hydrogens is 308 g/mol. The van der Waals surface area contributed by atoms with E-state index in [9.17, 15) is 9.90 Å². The Morgan fingerprint density at radius 2 is 1.54 bits per heavy atom. The largest absolute Gasteiger partial charge is 0.502 e. The Kier molecular flexibility index (Phi) is 5.47. The maximum absolute atomic E-state index is 12.4. The summed E-state index contributed by atoms with van der Waals surface area (Å²) in [5.74, 6) is 0.811. The van der Waals surface area contributed by atoms with Gasteiger partial charge in [0.1, 0.15) is 5.75 Å². The topological polar surface area (TPSA) is 65.0 Å². The van der Waals surface area contributed by atoms with Crippen LogP contribution in [0.5, 0.6) is 23.0 Å². The van der Waals surface area contributed by atoms with Gasteiger partial charge in [-0.25, -0.2) is 0 Å². The maximum Gasteiger partial charge on any atom is 0.200 e. The number of rotatable bonds is 6. The number of methoxy groups -OCH3 is 3. The Balaban J connectivity index is 2.34. The number of benzene rings is 2. The average Bonchev–Trinajstić information content (AvgIpc) is 2.60. The molecule has 0 aromatic heterocycles. The number of aromatic hydroxyl groups is 1. The van der Waals surface area contributed by atoms with Crippen LogP contribution in [-0.4, -0.2) is 32.2 Å². The van der Waals surface area contributed by atoms with Crippen molar-refractivity contribution in [3.05, 3.63) is 53.1 Å². The second kappa shape index (κ2) is 7.55. The maximum atomic E-state index is 12.4. The highest BCUT2D eigenvalue weighted by atomic mass is 16.5. The first-order valence-electron chi connectivity index (χ1n) is 7.32. The molecule has 24 heavy (non-hydrogen) atoms. The molecule has 0 heterocycles. The average molecular weight is 328 g/mol. The van der Waals surface area contributed by atoms with Crippen LogP contribution in [0.3, 0.4) is 0 Å². The zero-order chi connectivity index (χ0) is 17.7. The molecule has 0 atom stereocenters. The molecule has 126 valence electrons. The fourth-order valence-electron chi connectivity index (χ4n) is 2.29. The molecule has 1 N–H and O–H groups in total. The highest BCUT2D eigenvalue weighted by Crippen LogP contribution is 2.37. The van der Waals surface area contributed by atoms with Gasteiger partial charge in [0.25, 0.3) is 0 Å². The number of ether oxygens (including phenoxy) is 3. The summed E-state index contributed by atoms with van der Waals surface area (Å²) in [5.41, 5.74) is 2.13. The third-order valence-electron chi connectivity index (χ3n) is 3.55. The number of carbonyl (C=O) groups is 1. The summed E-state index contributed by atoms with van der Waals surface area (Å²) in [5, 5.41) is 9.91. The molecule has 0 spiro atoms. The normalized spacial score (nSPS) is 10.7. The van der Waals surface area contributed by atoms with Crippen molar-refractivity contribution in [1.29, 1.82) is 0 Å². The first kappa shape index (κ1) is 17.4. The number of aryl methyl sites for hydroxylation is 1. The molecule has 0 aliphatic carbocycles. The van der Waals surface area contributed by atoms with Crippen LogP contribution in [-0.2, 0) is 0 Å². The van der Waals surface area contributed by atoms with E-state index in [4.69, 9.17) is 14.2 Å². The van der Waals surface area contributed by atoms with E-state index in [1.54, 1.807) is 30.3 Å². The van der Waals surface area contributed by atoms with Crippen molar-refractivity contribution in [1.82, 2.24) is 0 Å². The van der Waals surface area contributed by atoms with Crippen LogP contribution in [0.25, 0.3) is 6.08 Å². The summed E-state index contributed by atoms with van der Waals surface area (Å²) < 4.78 is 15.4. The minimum atomic E-state index is -0.179. The van der Waals surface area contributed by atoms with Gasteiger partial charge < -0.3 is 19.3 Å². The monoisotopic (exact) mass is 328 g/mol. The van der Waals surface area contributed by atoms with E-state index in [0.29, 0.717) is 16.9 Å².